The Bertz CT molecular complexity index is 204. The molecule has 16 heavy (non-hydrogen) atoms. The number of allylic oxidation sites excluding steroid dienone is 4. The van der Waals surface area contributed by atoms with Gasteiger partial charge in [0.05, 0.1) is 0 Å². The second-order valence-corrected chi connectivity index (χ2v) is 5.13. The van der Waals surface area contributed by atoms with E-state index in [-0.39, 0.29) is 0 Å². The van der Waals surface area contributed by atoms with Crippen molar-refractivity contribution < 1.29 is 0 Å². The van der Waals surface area contributed by atoms with E-state index in [9.17, 15) is 0 Å². The van der Waals surface area contributed by atoms with Crippen LogP contribution in [0.25, 0.3) is 0 Å². The van der Waals surface area contributed by atoms with Crippen molar-refractivity contribution in [1.82, 2.24) is 0 Å². The smallest absolute Gasteiger partial charge is 0.0320 e. The molecule has 0 heterocycles. The highest BCUT2D eigenvalue weighted by Crippen LogP contribution is 2.12. The normalized spacial score (nSPS) is 11.6. The highest BCUT2D eigenvalue weighted by molar-refractivity contribution is 5.13. The summed E-state index contributed by atoms with van der Waals surface area (Å²) >= 11 is 0. The van der Waals surface area contributed by atoms with Gasteiger partial charge in [0.1, 0.15) is 0 Å². The monoisotopic (exact) mass is 222 g/mol. The molecular weight excluding hydrogens is 192 g/mol. The molecule has 0 atom stereocenters. The molecule has 0 nitrogen and oxygen atoms in total. The molecule has 0 radical (unpaired) electrons. The van der Waals surface area contributed by atoms with Crippen LogP contribution in [-0.2, 0) is 0 Å². The van der Waals surface area contributed by atoms with Gasteiger partial charge in [-0.1, -0.05) is 68.7 Å². The quantitative estimate of drug-likeness (QED) is 0.329. The summed E-state index contributed by atoms with van der Waals surface area (Å²) in [5, 5.41) is 0. The summed E-state index contributed by atoms with van der Waals surface area (Å²) in [6.07, 6.45) is 15.6. The Morgan fingerprint density at radius 2 is 1.31 bits per heavy atom. The van der Waals surface area contributed by atoms with Crippen LogP contribution in [0.3, 0.4) is 0 Å². The van der Waals surface area contributed by atoms with Gasteiger partial charge in [-0.3, -0.25) is 0 Å². The minimum atomic E-state index is 1.28. The summed E-state index contributed by atoms with van der Waals surface area (Å²) in [5.41, 5.74) is 2.91. The predicted molar refractivity (Wildman–Crippen MR) is 75.8 cm³/mol. The van der Waals surface area contributed by atoms with Crippen molar-refractivity contribution in [2.24, 2.45) is 0 Å². The average Bonchev–Trinajstić information content (AvgIpc) is 2.25. The molecule has 0 saturated carbocycles. The van der Waals surface area contributed by atoms with E-state index >= 15 is 0 Å². The zero-order valence-corrected chi connectivity index (χ0v) is 11.8. The van der Waals surface area contributed by atoms with Crippen LogP contribution in [0.1, 0.15) is 79.1 Å². The Morgan fingerprint density at radius 3 is 1.88 bits per heavy atom. The standard InChI is InChI=1S/C16H30/c1-5-6-7-8-9-10-11-12-16(4)14-13-15(2)3/h13-14H,5-12H2,1-4H3/b16-14+. The van der Waals surface area contributed by atoms with E-state index in [4.69, 9.17) is 0 Å². The molecule has 0 heteroatoms. The summed E-state index contributed by atoms with van der Waals surface area (Å²) < 4.78 is 0. The Kier molecular flexibility index (Phi) is 10.6. The van der Waals surface area contributed by atoms with E-state index in [1.54, 1.807) is 0 Å². The lowest BCUT2D eigenvalue weighted by Crippen LogP contribution is -1.82. The van der Waals surface area contributed by atoms with Crippen molar-refractivity contribution >= 4 is 0 Å². The molecule has 0 aliphatic rings. The van der Waals surface area contributed by atoms with Gasteiger partial charge < -0.3 is 0 Å². The van der Waals surface area contributed by atoms with Crippen LogP contribution in [-0.4, -0.2) is 0 Å². The minimum Gasteiger partial charge on any atom is -0.0764 e. The number of hydrogen-bond donors (Lipinski definition) is 0. The fourth-order valence-corrected chi connectivity index (χ4v) is 1.75. The van der Waals surface area contributed by atoms with Crippen LogP contribution < -0.4 is 0 Å². The molecule has 94 valence electrons. The van der Waals surface area contributed by atoms with Crippen molar-refractivity contribution in [3.8, 4) is 0 Å². The van der Waals surface area contributed by atoms with E-state index in [1.165, 1.54) is 62.5 Å². The SMILES string of the molecule is CCCCCCCCC/C(C)=C/C=C(C)C. The molecular formula is C16H30. The number of rotatable bonds is 9. The number of unbranched alkanes of at least 4 members (excludes halogenated alkanes) is 6. The third-order valence-electron chi connectivity index (χ3n) is 2.88. The van der Waals surface area contributed by atoms with Crippen LogP contribution >= 0.6 is 0 Å². The molecule has 0 aromatic carbocycles. The second kappa shape index (κ2) is 11.0. The molecule has 0 spiro atoms. The maximum absolute atomic E-state index is 2.28. The molecule has 0 aromatic rings. The largest absolute Gasteiger partial charge is 0.0764 e. The van der Waals surface area contributed by atoms with Crippen LogP contribution in [0.15, 0.2) is 23.3 Å². The topological polar surface area (TPSA) is 0 Å². The lowest BCUT2D eigenvalue weighted by molar-refractivity contribution is 0.588. The van der Waals surface area contributed by atoms with Crippen molar-refractivity contribution in [1.29, 1.82) is 0 Å². The molecule has 0 bridgehead atoms. The Labute approximate surface area is 103 Å². The first kappa shape index (κ1) is 15.5. The zero-order valence-electron chi connectivity index (χ0n) is 11.8. The molecule has 0 aliphatic heterocycles. The minimum absolute atomic E-state index is 1.28. The van der Waals surface area contributed by atoms with Crippen molar-refractivity contribution in [3.05, 3.63) is 23.3 Å². The highest BCUT2D eigenvalue weighted by Gasteiger charge is 1.92. The molecule has 0 N–H and O–H groups in total. The summed E-state index contributed by atoms with van der Waals surface area (Å²) in [5.74, 6) is 0. The maximum Gasteiger partial charge on any atom is -0.0320 e. The Hall–Kier alpha value is -0.520. The summed E-state index contributed by atoms with van der Waals surface area (Å²) in [7, 11) is 0. The molecule has 0 amide bonds. The number of hydrogen-bond acceptors (Lipinski definition) is 0. The summed E-state index contributed by atoms with van der Waals surface area (Å²) in [4.78, 5) is 0. The lowest BCUT2D eigenvalue weighted by atomic mass is 10.0. The van der Waals surface area contributed by atoms with Gasteiger partial charge >= 0.3 is 0 Å². The summed E-state index contributed by atoms with van der Waals surface area (Å²) in [6.45, 7) is 8.82. The van der Waals surface area contributed by atoms with Gasteiger partial charge in [0.15, 0.2) is 0 Å². The highest BCUT2D eigenvalue weighted by atomic mass is 14.0. The van der Waals surface area contributed by atoms with Gasteiger partial charge in [0, 0.05) is 0 Å². The van der Waals surface area contributed by atoms with Gasteiger partial charge in [0.2, 0.25) is 0 Å². The third kappa shape index (κ3) is 11.6. The van der Waals surface area contributed by atoms with Crippen LogP contribution in [0.4, 0.5) is 0 Å². The molecule has 0 unspecified atom stereocenters. The molecule has 0 fully saturated rings. The van der Waals surface area contributed by atoms with Crippen LogP contribution in [0.2, 0.25) is 0 Å². The van der Waals surface area contributed by atoms with Gasteiger partial charge in [-0.15, -0.1) is 0 Å². The van der Waals surface area contributed by atoms with Gasteiger partial charge in [-0.25, -0.2) is 0 Å². The van der Waals surface area contributed by atoms with Gasteiger partial charge in [0.25, 0.3) is 0 Å². The van der Waals surface area contributed by atoms with Gasteiger partial charge in [-0.2, -0.15) is 0 Å². The average molecular weight is 222 g/mol. The maximum atomic E-state index is 2.28. The van der Waals surface area contributed by atoms with Crippen LogP contribution in [0.5, 0.6) is 0 Å². The lowest BCUT2D eigenvalue weighted by Gasteiger charge is -2.01. The first-order valence-electron chi connectivity index (χ1n) is 6.97. The predicted octanol–water partition coefficient (Wildman–Crippen LogP) is 6.04. The van der Waals surface area contributed by atoms with Gasteiger partial charge in [-0.05, 0) is 33.6 Å². The fourth-order valence-electron chi connectivity index (χ4n) is 1.75. The van der Waals surface area contributed by atoms with E-state index in [0.29, 0.717) is 0 Å². The second-order valence-electron chi connectivity index (χ2n) is 5.13. The zero-order chi connectivity index (χ0) is 12.2. The van der Waals surface area contributed by atoms with E-state index in [1.807, 2.05) is 0 Å². The molecule has 0 saturated heterocycles. The Morgan fingerprint density at radius 1 is 0.750 bits per heavy atom. The third-order valence-corrected chi connectivity index (χ3v) is 2.88. The van der Waals surface area contributed by atoms with Crippen molar-refractivity contribution in [2.75, 3.05) is 0 Å². The van der Waals surface area contributed by atoms with E-state index in [2.05, 4.69) is 39.8 Å². The van der Waals surface area contributed by atoms with Crippen molar-refractivity contribution in [3.63, 3.8) is 0 Å². The molecule has 0 aromatic heterocycles. The fraction of sp³-hybridized carbons (Fsp3) is 0.750. The Balaban J connectivity index is 3.37. The molecule has 0 rings (SSSR count). The van der Waals surface area contributed by atoms with Crippen LogP contribution in [0, 0.1) is 0 Å². The summed E-state index contributed by atoms with van der Waals surface area (Å²) in [6, 6.07) is 0. The van der Waals surface area contributed by atoms with E-state index in [0.717, 1.165) is 0 Å². The first-order valence-corrected chi connectivity index (χ1v) is 6.97. The van der Waals surface area contributed by atoms with Crippen molar-refractivity contribution in [2.45, 2.75) is 79.1 Å². The van der Waals surface area contributed by atoms with E-state index < -0.39 is 0 Å². The first-order chi connectivity index (χ1) is 7.66. The molecule has 0 aliphatic carbocycles.